The van der Waals surface area contributed by atoms with Gasteiger partial charge in [0, 0.05) is 25.7 Å². The molecule has 1 fully saturated rings. The summed E-state index contributed by atoms with van der Waals surface area (Å²) in [6.45, 7) is 8.96. The molecular weight excluding hydrogens is 190 g/mol. The second-order valence-corrected chi connectivity index (χ2v) is 4.75. The molecule has 1 aliphatic rings. The van der Waals surface area contributed by atoms with E-state index in [2.05, 4.69) is 36.7 Å². The number of amides is 1. The van der Waals surface area contributed by atoms with Gasteiger partial charge in [-0.1, -0.05) is 13.8 Å². The highest BCUT2D eigenvalue weighted by molar-refractivity contribution is 5.82. The van der Waals surface area contributed by atoms with Crippen LogP contribution in [0.4, 0.5) is 0 Å². The number of rotatable bonds is 4. The van der Waals surface area contributed by atoms with Gasteiger partial charge in [-0.2, -0.15) is 0 Å². The predicted molar refractivity (Wildman–Crippen MR) is 61.7 cm³/mol. The van der Waals surface area contributed by atoms with Gasteiger partial charge in [-0.25, -0.2) is 0 Å². The smallest absolute Gasteiger partial charge is 0.238 e. The van der Waals surface area contributed by atoms with Crippen LogP contribution >= 0.6 is 0 Å². The molecule has 0 aromatic carbocycles. The fraction of sp³-hybridized carbons (Fsp3) is 0.909. The second-order valence-electron chi connectivity index (χ2n) is 4.75. The standard InChI is InChI=1S/C11H23N3O/c1-8(2)6-9(3)14-11(15)10-7-12-4-5-13-10/h8-10,12-13H,4-7H2,1-3H3,(H,14,15). The van der Waals surface area contributed by atoms with E-state index in [9.17, 15) is 4.79 Å². The summed E-state index contributed by atoms with van der Waals surface area (Å²) in [7, 11) is 0. The molecule has 0 aromatic heterocycles. The first-order valence-electron chi connectivity index (χ1n) is 5.84. The molecular formula is C11H23N3O. The zero-order valence-corrected chi connectivity index (χ0v) is 9.97. The monoisotopic (exact) mass is 213 g/mol. The van der Waals surface area contributed by atoms with E-state index in [1.54, 1.807) is 0 Å². The summed E-state index contributed by atoms with van der Waals surface area (Å²) in [5.74, 6) is 0.744. The number of hydrogen-bond acceptors (Lipinski definition) is 3. The van der Waals surface area contributed by atoms with Gasteiger partial charge in [0.15, 0.2) is 0 Å². The van der Waals surface area contributed by atoms with Crippen LogP contribution in [0.15, 0.2) is 0 Å². The average Bonchev–Trinajstić information content (AvgIpc) is 2.17. The summed E-state index contributed by atoms with van der Waals surface area (Å²) in [6.07, 6.45) is 1.03. The van der Waals surface area contributed by atoms with Gasteiger partial charge < -0.3 is 16.0 Å². The summed E-state index contributed by atoms with van der Waals surface area (Å²) in [4.78, 5) is 11.8. The Hall–Kier alpha value is -0.610. The van der Waals surface area contributed by atoms with Crippen LogP contribution in [0.25, 0.3) is 0 Å². The molecule has 0 bridgehead atoms. The normalized spacial score (nSPS) is 23.9. The quantitative estimate of drug-likeness (QED) is 0.621. The molecule has 0 aromatic rings. The van der Waals surface area contributed by atoms with Gasteiger partial charge in [-0.15, -0.1) is 0 Å². The largest absolute Gasteiger partial charge is 0.352 e. The molecule has 1 saturated heterocycles. The predicted octanol–water partition coefficient (Wildman–Crippen LogP) is 0.0986. The maximum atomic E-state index is 11.8. The summed E-state index contributed by atoms with van der Waals surface area (Å²) in [5.41, 5.74) is 0. The van der Waals surface area contributed by atoms with Crippen LogP contribution in [0.3, 0.4) is 0 Å². The zero-order valence-electron chi connectivity index (χ0n) is 9.97. The van der Waals surface area contributed by atoms with Gasteiger partial charge in [0.1, 0.15) is 0 Å². The lowest BCUT2D eigenvalue weighted by atomic mass is 10.0. The zero-order chi connectivity index (χ0) is 11.3. The highest BCUT2D eigenvalue weighted by Gasteiger charge is 2.21. The van der Waals surface area contributed by atoms with Crippen molar-refractivity contribution in [2.75, 3.05) is 19.6 Å². The average molecular weight is 213 g/mol. The van der Waals surface area contributed by atoms with Crippen LogP contribution in [0, 0.1) is 5.92 Å². The Morgan fingerprint density at radius 2 is 2.13 bits per heavy atom. The molecule has 1 rings (SSSR count). The Kier molecular flexibility index (Phi) is 5.05. The highest BCUT2D eigenvalue weighted by Crippen LogP contribution is 2.04. The van der Waals surface area contributed by atoms with Crippen molar-refractivity contribution in [3.63, 3.8) is 0 Å². The van der Waals surface area contributed by atoms with Crippen LogP contribution in [-0.2, 0) is 4.79 Å². The molecule has 2 atom stereocenters. The van der Waals surface area contributed by atoms with Gasteiger partial charge in [0.2, 0.25) is 5.91 Å². The Morgan fingerprint density at radius 3 is 2.67 bits per heavy atom. The topological polar surface area (TPSA) is 53.2 Å². The van der Waals surface area contributed by atoms with E-state index < -0.39 is 0 Å². The van der Waals surface area contributed by atoms with Crippen molar-refractivity contribution >= 4 is 5.91 Å². The van der Waals surface area contributed by atoms with Gasteiger partial charge in [-0.3, -0.25) is 4.79 Å². The Labute approximate surface area is 92.2 Å². The van der Waals surface area contributed by atoms with Crippen molar-refractivity contribution in [3.8, 4) is 0 Å². The lowest BCUT2D eigenvalue weighted by molar-refractivity contribution is -0.124. The van der Waals surface area contributed by atoms with Crippen molar-refractivity contribution < 1.29 is 4.79 Å². The first kappa shape index (κ1) is 12.5. The summed E-state index contributed by atoms with van der Waals surface area (Å²) >= 11 is 0. The van der Waals surface area contributed by atoms with Crippen molar-refractivity contribution in [1.82, 2.24) is 16.0 Å². The first-order chi connectivity index (χ1) is 7.09. The van der Waals surface area contributed by atoms with Crippen molar-refractivity contribution in [1.29, 1.82) is 0 Å². The maximum absolute atomic E-state index is 11.8. The van der Waals surface area contributed by atoms with E-state index in [1.807, 2.05) is 0 Å². The van der Waals surface area contributed by atoms with Gasteiger partial charge in [-0.05, 0) is 19.3 Å². The highest BCUT2D eigenvalue weighted by atomic mass is 16.2. The lowest BCUT2D eigenvalue weighted by Gasteiger charge is -2.25. The number of piperazine rings is 1. The first-order valence-corrected chi connectivity index (χ1v) is 5.84. The van der Waals surface area contributed by atoms with Crippen LogP contribution in [-0.4, -0.2) is 37.6 Å². The number of nitrogens with one attached hydrogen (secondary N) is 3. The third kappa shape index (κ3) is 4.62. The molecule has 1 heterocycles. The molecule has 4 heteroatoms. The van der Waals surface area contributed by atoms with Crippen LogP contribution in [0.2, 0.25) is 0 Å². The van der Waals surface area contributed by atoms with Gasteiger partial charge in [0.05, 0.1) is 6.04 Å². The van der Waals surface area contributed by atoms with E-state index >= 15 is 0 Å². The fourth-order valence-electron chi connectivity index (χ4n) is 1.95. The van der Waals surface area contributed by atoms with Crippen LogP contribution in [0.5, 0.6) is 0 Å². The number of carbonyl (C=O) groups is 1. The van der Waals surface area contributed by atoms with Crippen LogP contribution < -0.4 is 16.0 Å². The lowest BCUT2D eigenvalue weighted by Crippen LogP contribution is -2.56. The Morgan fingerprint density at radius 1 is 1.40 bits per heavy atom. The SMILES string of the molecule is CC(C)CC(C)NC(=O)C1CNCCN1. The molecule has 15 heavy (non-hydrogen) atoms. The van der Waals surface area contributed by atoms with Crippen molar-refractivity contribution in [3.05, 3.63) is 0 Å². The van der Waals surface area contributed by atoms with Crippen molar-refractivity contribution in [2.24, 2.45) is 5.92 Å². The third-order valence-corrected chi connectivity index (χ3v) is 2.57. The fourth-order valence-corrected chi connectivity index (χ4v) is 1.95. The third-order valence-electron chi connectivity index (χ3n) is 2.57. The van der Waals surface area contributed by atoms with E-state index in [0.29, 0.717) is 5.92 Å². The second kappa shape index (κ2) is 6.08. The number of carbonyl (C=O) groups excluding carboxylic acids is 1. The van der Waals surface area contributed by atoms with E-state index in [4.69, 9.17) is 0 Å². The molecule has 0 saturated carbocycles. The number of hydrogen-bond donors (Lipinski definition) is 3. The van der Waals surface area contributed by atoms with E-state index in [0.717, 1.165) is 26.1 Å². The molecule has 2 unspecified atom stereocenters. The molecule has 3 N–H and O–H groups in total. The summed E-state index contributed by atoms with van der Waals surface area (Å²) in [6, 6.07) is 0.203. The minimum atomic E-state index is -0.0617. The molecule has 4 nitrogen and oxygen atoms in total. The Balaban J connectivity index is 2.27. The van der Waals surface area contributed by atoms with Crippen LogP contribution in [0.1, 0.15) is 27.2 Å². The molecule has 1 amide bonds. The molecule has 1 aliphatic heterocycles. The molecule has 0 radical (unpaired) electrons. The minimum absolute atomic E-state index is 0.0617. The maximum Gasteiger partial charge on any atom is 0.238 e. The van der Waals surface area contributed by atoms with Gasteiger partial charge in [0.25, 0.3) is 0 Å². The minimum Gasteiger partial charge on any atom is -0.352 e. The summed E-state index contributed by atoms with van der Waals surface area (Å²) in [5, 5.41) is 9.45. The molecule has 0 spiro atoms. The van der Waals surface area contributed by atoms with E-state index in [-0.39, 0.29) is 18.0 Å². The summed E-state index contributed by atoms with van der Waals surface area (Å²) < 4.78 is 0. The molecule has 0 aliphatic carbocycles. The van der Waals surface area contributed by atoms with Gasteiger partial charge >= 0.3 is 0 Å². The Bertz CT molecular complexity index is 200. The van der Waals surface area contributed by atoms with Crippen molar-refractivity contribution in [2.45, 2.75) is 39.3 Å². The molecule has 88 valence electrons. The van der Waals surface area contributed by atoms with E-state index in [1.165, 1.54) is 0 Å².